The molecule has 3 aromatic rings. The van der Waals surface area contributed by atoms with Gasteiger partial charge in [-0.1, -0.05) is 23.7 Å². The number of aromatic nitrogens is 2. The van der Waals surface area contributed by atoms with Gasteiger partial charge in [-0.3, -0.25) is 4.79 Å². The van der Waals surface area contributed by atoms with Crippen molar-refractivity contribution in [3.63, 3.8) is 0 Å². The molecular weight excluding hydrogens is 386 g/mol. The van der Waals surface area contributed by atoms with E-state index in [1.54, 1.807) is 7.11 Å². The quantitative estimate of drug-likeness (QED) is 0.578. The van der Waals surface area contributed by atoms with E-state index in [2.05, 4.69) is 5.10 Å². The second-order valence-corrected chi connectivity index (χ2v) is 7.83. The van der Waals surface area contributed by atoms with Crippen LogP contribution in [0.5, 0.6) is 5.75 Å². The predicted molar refractivity (Wildman–Crippen MR) is 114 cm³/mol. The van der Waals surface area contributed by atoms with E-state index < -0.39 is 0 Å². The molecule has 1 aliphatic carbocycles. The molecule has 1 saturated carbocycles. The number of aryl methyl sites for hydroxylation is 1. The zero-order valence-electron chi connectivity index (χ0n) is 16.9. The highest BCUT2D eigenvalue weighted by atomic mass is 35.5. The first kappa shape index (κ1) is 19.5. The molecule has 0 unspecified atom stereocenters. The predicted octanol–water partition coefficient (Wildman–Crippen LogP) is 4.96. The fourth-order valence-corrected chi connectivity index (χ4v) is 3.58. The summed E-state index contributed by atoms with van der Waals surface area (Å²) in [5, 5.41) is 5.15. The molecule has 0 bridgehead atoms. The maximum atomic E-state index is 13.2. The number of benzene rings is 2. The third kappa shape index (κ3) is 4.01. The van der Waals surface area contributed by atoms with Gasteiger partial charge >= 0.3 is 0 Å². The molecule has 1 amide bonds. The summed E-state index contributed by atoms with van der Waals surface area (Å²) >= 11 is 6.26. The normalized spacial score (nSPS) is 13.4. The zero-order valence-corrected chi connectivity index (χ0v) is 17.6. The number of hydrogen-bond donors (Lipinski definition) is 0. The second-order valence-electron chi connectivity index (χ2n) is 7.46. The third-order valence-electron chi connectivity index (χ3n) is 5.32. The van der Waals surface area contributed by atoms with Gasteiger partial charge in [0, 0.05) is 18.2 Å². The highest BCUT2D eigenvalue weighted by Gasteiger charge is 2.33. The van der Waals surface area contributed by atoms with E-state index in [0.29, 0.717) is 23.2 Å². The van der Waals surface area contributed by atoms with Crippen LogP contribution >= 0.6 is 11.6 Å². The molecule has 1 heterocycles. The number of hydrogen-bond acceptors (Lipinski definition) is 3. The lowest BCUT2D eigenvalue weighted by atomic mass is 10.1. The molecule has 0 atom stereocenters. The molecule has 1 aliphatic rings. The maximum Gasteiger partial charge on any atom is 0.254 e. The smallest absolute Gasteiger partial charge is 0.254 e. The lowest BCUT2D eigenvalue weighted by Crippen LogP contribution is -2.32. The van der Waals surface area contributed by atoms with Gasteiger partial charge in [-0.15, -0.1) is 0 Å². The van der Waals surface area contributed by atoms with Crippen molar-refractivity contribution in [3.05, 3.63) is 76.1 Å². The molecular formula is C23H24ClN3O2. The molecule has 1 aromatic heterocycles. The summed E-state index contributed by atoms with van der Waals surface area (Å²) in [5.74, 6) is 0.874. The van der Waals surface area contributed by atoms with E-state index >= 15 is 0 Å². The molecule has 150 valence electrons. The topological polar surface area (TPSA) is 47.4 Å². The molecule has 5 nitrogen and oxygen atoms in total. The van der Waals surface area contributed by atoms with Crippen LogP contribution in [0.4, 0.5) is 0 Å². The maximum absolute atomic E-state index is 13.2. The lowest BCUT2D eigenvalue weighted by molar-refractivity contribution is 0.0730. The van der Waals surface area contributed by atoms with Gasteiger partial charge in [-0.25, -0.2) is 4.68 Å². The standard InChI is InChI=1S/C23H24ClN3O2/c1-15-22(24)16(2)27(25-15)20-8-6-18(7-9-20)23(28)26(19-10-11-19)14-17-4-12-21(29-3)13-5-17/h4-9,12-13,19H,10-11,14H2,1-3H3. The summed E-state index contributed by atoms with van der Waals surface area (Å²) in [5.41, 5.74) is 4.36. The van der Waals surface area contributed by atoms with Gasteiger partial charge in [0.25, 0.3) is 5.91 Å². The Hall–Kier alpha value is -2.79. The van der Waals surface area contributed by atoms with E-state index in [4.69, 9.17) is 16.3 Å². The second kappa shape index (κ2) is 7.91. The number of rotatable bonds is 6. The van der Waals surface area contributed by atoms with Gasteiger partial charge < -0.3 is 9.64 Å². The Kier molecular flexibility index (Phi) is 5.33. The van der Waals surface area contributed by atoms with Crippen molar-refractivity contribution in [2.24, 2.45) is 0 Å². The highest BCUT2D eigenvalue weighted by Crippen LogP contribution is 2.30. The van der Waals surface area contributed by atoms with Crippen molar-refractivity contribution >= 4 is 17.5 Å². The van der Waals surface area contributed by atoms with Crippen molar-refractivity contribution in [2.45, 2.75) is 39.3 Å². The number of ether oxygens (including phenoxy) is 1. The number of methoxy groups -OCH3 is 1. The number of halogens is 1. The van der Waals surface area contributed by atoms with Crippen LogP contribution < -0.4 is 4.74 Å². The first-order chi connectivity index (χ1) is 14.0. The number of nitrogens with zero attached hydrogens (tertiary/aromatic N) is 3. The molecule has 2 aromatic carbocycles. The Morgan fingerprint density at radius 1 is 1.14 bits per heavy atom. The first-order valence-corrected chi connectivity index (χ1v) is 10.1. The van der Waals surface area contributed by atoms with Crippen molar-refractivity contribution in [1.29, 1.82) is 0 Å². The molecule has 0 spiro atoms. The van der Waals surface area contributed by atoms with E-state index in [9.17, 15) is 4.79 Å². The fraction of sp³-hybridized carbons (Fsp3) is 0.304. The van der Waals surface area contributed by atoms with Gasteiger partial charge in [0.15, 0.2) is 0 Å². The van der Waals surface area contributed by atoms with Crippen LogP contribution in [0.2, 0.25) is 5.02 Å². The van der Waals surface area contributed by atoms with Crippen LogP contribution in [0.1, 0.15) is 40.2 Å². The third-order valence-corrected chi connectivity index (χ3v) is 5.87. The summed E-state index contributed by atoms with van der Waals surface area (Å²) in [6.45, 7) is 4.42. The monoisotopic (exact) mass is 409 g/mol. The van der Waals surface area contributed by atoms with Gasteiger partial charge in [0.05, 0.1) is 29.2 Å². The minimum Gasteiger partial charge on any atom is -0.497 e. The zero-order chi connectivity index (χ0) is 20.5. The summed E-state index contributed by atoms with van der Waals surface area (Å²) < 4.78 is 7.03. The van der Waals surface area contributed by atoms with Crippen LogP contribution in [0.25, 0.3) is 5.69 Å². The van der Waals surface area contributed by atoms with Crippen molar-refractivity contribution in [1.82, 2.24) is 14.7 Å². The summed E-state index contributed by atoms with van der Waals surface area (Å²) in [4.78, 5) is 15.2. The van der Waals surface area contributed by atoms with Crippen LogP contribution in [-0.2, 0) is 6.54 Å². The van der Waals surface area contributed by atoms with E-state index in [1.807, 2.05) is 72.0 Å². The van der Waals surface area contributed by atoms with Gasteiger partial charge in [0.1, 0.15) is 5.75 Å². The Morgan fingerprint density at radius 3 is 2.31 bits per heavy atom. The Morgan fingerprint density at radius 2 is 1.79 bits per heavy atom. The molecule has 4 rings (SSSR count). The Labute approximate surface area is 175 Å². The molecule has 1 fully saturated rings. The molecule has 29 heavy (non-hydrogen) atoms. The number of carbonyl (C=O) groups is 1. The van der Waals surface area contributed by atoms with E-state index in [-0.39, 0.29) is 5.91 Å². The highest BCUT2D eigenvalue weighted by molar-refractivity contribution is 6.31. The van der Waals surface area contributed by atoms with Crippen molar-refractivity contribution in [2.75, 3.05) is 7.11 Å². The SMILES string of the molecule is COc1ccc(CN(C(=O)c2ccc(-n3nc(C)c(Cl)c3C)cc2)C2CC2)cc1. The van der Waals surface area contributed by atoms with E-state index in [1.165, 1.54) is 0 Å². The molecule has 0 N–H and O–H groups in total. The van der Waals surface area contributed by atoms with Gasteiger partial charge in [-0.05, 0) is 68.7 Å². The van der Waals surface area contributed by atoms with Crippen LogP contribution in [0, 0.1) is 13.8 Å². The van der Waals surface area contributed by atoms with Gasteiger partial charge in [-0.2, -0.15) is 5.10 Å². The van der Waals surface area contributed by atoms with Gasteiger partial charge in [0.2, 0.25) is 0 Å². The minimum atomic E-state index is 0.0567. The average Bonchev–Trinajstić information content (AvgIpc) is 3.56. The molecule has 0 saturated heterocycles. The summed E-state index contributed by atoms with van der Waals surface area (Å²) in [7, 11) is 1.65. The summed E-state index contributed by atoms with van der Waals surface area (Å²) in [6.07, 6.45) is 2.12. The van der Waals surface area contributed by atoms with Crippen molar-refractivity contribution < 1.29 is 9.53 Å². The minimum absolute atomic E-state index is 0.0567. The Bertz CT molecular complexity index is 1020. The number of amides is 1. The number of carbonyl (C=O) groups excluding carboxylic acids is 1. The molecule has 0 aliphatic heterocycles. The van der Waals surface area contributed by atoms with Crippen LogP contribution in [0.15, 0.2) is 48.5 Å². The first-order valence-electron chi connectivity index (χ1n) is 9.74. The lowest BCUT2D eigenvalue weighted by Gasteiger charge is -2.23. The average molecular weight is 410 g/mol. The van der Waals surface area contributed by atoms with Crippen LogP contribution in [-0.4, -0.2) is 33.7 Å². The Balaban J connectivity index is 1.54. The molecule has 0 radical (unpaired) electrons. The van der Waals surface area contributed by atoms with Crippen LogP contribution in [0.3, 0.4) is 0 Å². The largest absolute Gasteiger partial charge is 0.497 e. The summed E-state index contributed by atoms with van der Waals surface area (Å²) in [6, 6.07) is 15.8. The van der Waals surface area contributed by atoms with Crippen molar-refractivity contribution in [3.8, 4) is 11.4 Å². The molecule has 6 heteroatoms. The fourth-order valence-electron chi connectivity index (χ4n) is 3.47. The van der Waals surface area contributed by atoms with E-state index in [0.717, 1.165) is 41.2 Å².